The van der Waals surface area contributed by atoms with Crippen LogP contribution in [-0.4, -0.2) is 4.55 Å². The van der Waals surface area contributed by atoms with Crippen molar-refractivity contribution in [1.29, 1.82) is 0 Å². The van der Waals surface area contributed by atoms with E-state index in [1.807, 2.05) is 30.3 Å². The van der Waals surface area contributed by atoms with Gasteiger partial charge in [-0.05, 0) is 24.3 Å². The summed E-state index contributed by atoms with van der Waals surface area (Å²) >= 11 is 4.76. The molecule has 2 nitrogen and oxygen atoms in total. The van der Waals surface area contributed by atoms with E-state index < -0.39 is 11.2 Å². The highest BCUT2D eigenvalue weighted by molar-refractivity contribution is 7.92. The number of fused-ring (bicyclic) bond motifs is 2. The lowest BCUT2D eigenvalue weighted by molar-refractivity contribution is 0.595. The SMILES string of the molecule is [O-][S+]1c2ccccc2Nc2ccc(Cl)cc21. The number of hydrogen-bond acceptors (Lipinski definition) is 2. The van der Waals surface area contributed by atoms with E-state index in [9.17, 15) is 4.55 Å². The molecular formula is C12H8ClNOS. The van der Waals surface area contributed by atoms with Crippen LogP contribution in [0.25, 0.3) is 0 Å². The van der Waals surface area contributed by atoms with Crippen LogP contribution in [0.3, 0.4) is 0 Å². The molecule has 0 bridgehead atoms. The summed E-state index contributed by atoms with van der Waals surface area (Å²) in [5, 5.41) is 3.85. The van der Waals surface area contributed by atoms with Gasteiger partial charge in [0, 0.05) is 22.3 Å². The Morgan fingerprint density at radius 1 is 1.00 bits per heavy atom. The first kappa shape index (κ1) is 10.0. The summed E-state index contributed by atoms with van der Waals surface area (Å²) in [4.78, 5) is 1.54. The van der Waals surface area contributed by atoms with Crippen molar-refractivity contribution in [1.82, 2.24) is 0 Å². The molecule has 0 aromatic heterocycles. The molecule has 1 aliphatic rings. The number of para-hydroxylation sites is 1. The van der Waals surface area contributed by atoms with E-state index in [0.717, 1.165) is 21.2 Å². The molecular weight excluding hydrogens is 242 g/mol. The highest BCUT2D eigenvalue weighted by atomic mass is 35.5. The first-order valence-electron chi connectivity index (χ1n) is 4.83. The molecule has 4 heteroatoms. The molecule has 0 spiro atoms. The van der Waals surface area contributed by atoms with Gasteiger partial charge in [0.15, 0.2) is 9.79 Å². The Hall–Kier alpha value is -1.16. The van der Waals surface area contributed by atoms with Gasteiger partial charge < -0.3 is 9.87 Å². The Kier molecular flexibility index (Phi) is 2.32. The van der Waals surface area contributed by atoms with Crippen LogP contribution >= 0.6 is 11.6 Å². The van der Waals surface area contributed by atoms with Crippen molar-refractivity contribution >= 4 is 34.2 Å². The molecule has 2 aromatic carbocycles. The van der Waals surface area contributed by atoms with Gasteiger partial charge in [-0.15, -0.1) is 0 Å². The summed E-state index contributed by atoms with van der Waals surface area (Å²) in [5.41, 5.74) is 1.76. The summed E-state index contributed by atoms with van der Waals surface area (Å²) in [6.45, 7) is 0. The van der Waals surface area contributed by atoms with Gasteiger partial charge in [-0.25, -0.2) is 0 Å². The largest absolute Gasteiger partial charge is 0.606 e. The lowest BCUT2D eigenvalue weighted by Crippen LogP contribution is -2.13. The number of nitrogens with one attached hydrogen (secondary N) is 1. The Morgan fingerprint density at radius 2 is 1.75 bits per heavy atom. The molecule has 0 saturated carbocycles. The van der Waals surface area contributed by atoms with E-state index >= 15 is 0 Å². The fraction of sp³-hybridized carbons (Fsp3) is 0. The summed E-state index contributed by atoms with van der Waals surface area (Å²) in [7, 11) is 0. The van der Waals surface area contributed by atoms with Crippen LogP contribution in [0.4, 0.5) is 11.4 Å². The van der Waals surface area contributed by atoms with Crippen molar-refractivity contribution in [2.75, 3.05) is 5.32 Å². The molecule has 3 rings (SSSR count). The molecule has 1 heterocycles. The molecule has 1 N–H and O–H groups in total. The van der Waals surface area contributed by atoms with Gasteiger partial charge >= 0.3 is 0 Å². The predicted molar refractivity (Wildman–Crippen MR) is 65.9 cm³/mol. The van der Waals surface area contributed by atoms with E-state index in [2.05, 4.69) is 5.32 Å². The van der Waals surface area contributed by atoms with Gasteiger partial charge in [-0.3, -0.25) is 0 Å². The van der Waals surface area contributed by atoms with E-state index in [1.54, 1.807) is 12.1 Å². The zero-order chi connectivity index (χ0) is 11.1. The standard InChI is InChI=1S/C12H8ClNOS/c13-8-5-6-10-12(7-8)16(15)11-4-2-1-3-9(11)14-10/h1-7,14H. The first-order valence-corrected chi connectivity index (χ1v) is 6.36. The Bertz CT molecular complexity index is 558. The molecule has 0 aliphatic carbocycles. The van der Waals surface area contributed by atoms with Crippen molar-refractivity contribution in [3.05, 3.63) is 47.5 Å². The summed E-state index contributed by atoms with van der Waals surface area (Å²) in [6, 6.07) is 13.0. The lowest BCUT2D eigenvalue weighted by atomic mass is 10.2. The molecule has 2 aromatic rings. The monoisotopic (exact) mass is 249 g/mol. The summed E-state index contributed by atoms with van der Waals surface area (Å²) in [5.74, 6) is 0. The first-order chi connectivity index (χ1) is 7.75. The second-order valence-corrected chi connectivity index (χ2v) is 5.38. The molecule has 0 radical (unpaired) electrons. The molecule has 1 unspecified atom stereocenters. The Balaban J connectivity index is 2.19. The molecule has 1 aliphatic heterocycles. The van der Waals surface area contributed by atoms with Crippen LogP contribution in [0.1, 0.15) is 0 Å². The number of halogens is 1. The third-order valence-electron chi connectivity index (χ3n) is 2.50. The zero-order valence-corrected chi connectivity index (χ0v) is 9.81. The second-order valence-electron chi connectivity index (χ2n) is 3.53. The minimum absolute atomic E-state index is 0.605. The summed E-state index contributed by atoms with van der Waals surface area (Å²) < 4.78 is 12.3. The van der Waals surface area contributed by atoms with Crippen molar-refractivity contribution in [2.24, 2.45) is 0 Å². The van der Waals surface area contributed by atoms with E-state index in [4.69, 9.17) is 11.6 Å². The van der Waals surface area contributed by atoms with Crippen LogP contribution in [0.2, 0.25) is 5.02 Å². The third-order valence-corrected chi connectivity index (χ3v) is 4.23. The van der Waals surface area contributed by atoms with Gasteiger partial charge in [0.1, 0.15) is 0 Å². The van der Waals surface area contributed by atoms with Gasteiger partial charge in [0.25, 0.3) is 0 Å². The van der Waals surface area contributed by atoms with Crippen molar-refractivity contribution in [3.63, 3.8) is 0 Å². The number of anilines is 2. The average Bonchev–Trinajstić information content (AvgIpc) is 2.31. The fourth-order valence-electron chi connectivity index (χ4n) is 1.75. The molecule has 16 heavy (non-hydrogen) atoms. The molecule has 0 saturated heterocycles. The van der Waals surface area contributed by atoms with E-state index in [0.29, 0.717) is 5.02 Å². The van der Waals surface area contributed by atoms with Crippen LogP contribution < -0.4 is 5.32 Å². The maximum absolute atomic E-state index is 12.3. The van der Waals surface area contributed by atoms with Crippen molar-refractivity contribution < 1.29 is 4.55 Å². The smallest absolute Gasteiger partial charge is 0.183 e. The van der Waals surface area contributed by atoms with Gasteiger partial charge in [-0.2, -0.15) is 0 Å². The van der Waals surface area contributed by atoms with Gasteiger partial charge in [0.2, 0.25) is 0 Å². The van der Waals surface area contributed by atoms with Crippen molar-refractivity contribution in [3.8, 4) is 0 Å². The van der Waals surface area contributed by atoms with Crippen LogP contribution in [0.5, 0.6) is 0 Å². The molecule has 80 valence electrons. The van der Waals surface area contributed by atoms with Gasteiger partial charge in [-0.1, -0.05) is 23.7 Å². The lowest BCUT2D eigenvalue weighted by Gasteiger charge is -2.22. The molecule has 0 fully saturated rings. The van der Waals surface area contributed by atoms with Crippen LogP contribution in [-0.2, 0) is 11.2 Å². The minimum atomic E-state index is -1.15. The van der Waals surface area contributed by atoms with E-state index in [1.165, 1.54) is 0 Å². The highest BCUT2D eigenvalue weighted by Crippen LogP contribution is 2.39. The quantitative estimate of drug-likeness (QED) is 0.725. The molecule has 0 amide bonds. The number of rotatable bonds is 0. The maximum atomic E-state index is 12.3. The normalized spacial score (nSPS) is 17.2. The topological polar surface area (TPSA) is 35.1 Å². The third kappa shape index (κ3) is 1.48. The fourth-order valence-corrected chi connectivity index (χ4v) is 3.30. The zero-order valence-electron chi connectivity index (χ0n) is 8.24. The number of benzene rings is 2. The maximum Gasteiger partial charge on any atom is 0.183 e. The predicted octanol–water partition coefficient (Wildman–Crippen LogP) is 3.56. The number of hydrogen-bond donors (Lipinski definition) is 1. The Labute approximate surface area is 101 Å². The Morgan fingerprint density at radius 3 is 2.62 bits per heavy atom. The second kappa shape index (κ2) is 3.70. The molecule has 1 atom stereocenters. The van der Waals surface area contributed by atoms with E-state index in [-0.39, 0.29) is 0 Å². The summed E-state index contributed by atoms with van der Waals surface area (Å²) in [6.07, 6.45) is 0. The van der Waals surface area contributed by atoms with Crippen LogP contribution in [0.15, 0.2) is 52.3 Å². The highest BCUT2D eigenvalue weighted by Gasteiger charge is 2.27. The average molecular weight is 250 g/mol. The van der Waals surface area contributed by atoms with Crippen LogP contribution in [0, 0.1) is 0 Å². The van der Waals surface area contributed by atoms with Crippen molar-refractivity contribution in [2.45, 2.75) is 9.79 Å². The minimum Gasteiger partial charge on any atom is -0.606 e. The van der Waals surface area contributed by atoms with Gasteiger partial charge in [0.05, 0.1) is 11.4 Å².